The molecule has 2 nitrogen and oxygen atoms in total. The van der Waals surface area contributed by atoms with Crippen LogP contribution in [0.5, 0.6) is 0 Å². The van der Waals surface area contributed by atoms with Crippen LogP contribution in [0, 0.1) is 0 Å². The number of hydrogen-bond donors (Lipinski definition) is 1. The summed E-state index contributed by atoms with van der Waals surface area (Å²) in [5.74, 6) is 0. The average molecular weight is 184 g/mol. The van der Waals surface area contributed by atoms with Crippen LogP contribution >= 0.6 is 0 Å². The summed E-state index contributed by atoms with van der Waals surface area (Å²) in [5.41, 5.74) is 0. The van der Waals surface area contributed by atoms with Crippen molar-refractivity contribution in [3.8, 4) is 0 Å². The largest absolute Gasteiger partial charge is 1.00 e. The molecule has 0 heterocycles. The molecule has 5 heteroatoms. The fourth-order valence-corrected chi connectivity index (χ4v) is 9.06. The summed E-state index contributed by atoms with van der Waals surface area (Å²) in [7, 11) is -2.21. The molecule has 0 bridgehead atoms. The second-order valence-electron chi connectivity index (χ2n) is 4.45. The van der Waals surface area contributed by atoms with Crippen LogP contribution in [-0.2, 0) is 0 Å². The van der Waals surface area contributed by atoms with E-state index in [1.165, 1.54) is 0 Å². The van der Waals surface area contributed by atoms with E-state index in [2.05, 4.69) is 39.3 Å². The second-order valence-corrected chi connectivity index (χ2v) is 14.0. The summed E-state index contributed by atoms with van der Waals surface area (Å²) < 4.78 is 4.82. The van der Waals surface area contributed by atoms with Crippen LogP contribution < -0.4 is 25.0 Å². The molecule has 3 N–H and O–H groups in total. The van der Waals surface area contributed by atoms with E-state index in [0.717, 1.165) is 0 Å². The maximum absolute atomic E-state index is 4.82. The van der Waals surface area contributed by atoms with Crippen LogP contribution in [0.25, 0.3) is 4.65 Å². The Morgan fingerprint density at radius 1 is 0.727 bits per heavy atom. The van der Waals surface area contributed by atoms with E-state index < -0.39 is 16.5 Å². The van der Waals surface area contributed by atoms with Gasteiger partial charge in [0.15, 0.2) is 0 Å². The van der Waals surface area contributed by atoms with Gasteiger partial charge in [-0.2, -0.15) is 0 Å². The van der Waals surface area contributed by atoms with Crippen molar-refractivity contribution in [1.82, 2.24) is 6.15 Å². The topological polar surface area (TPSA) is 49.1 Å². The molecule has 0 saturated carbocycles. The molecule has 0 aromatic heterocycles. The van der Waals surface area contributed by atoms with Crippen LogP contribution in [0.4, 0.5) is 0 Å². The summed E-state index contributed by atoms with van der Waals surface area (Å²) >= 11 is 0. The fourth-order valence-electron chi connectivity index (χ4n) is 1.01. The Morgan fingerprint density at radius 3 is 0.909 bits per heavy atom. The minimum atomic E-state index is -1.11. The van der Waals surface area contributed by atoms with Gasteiger partial charge in [0.2, 0.25) is 0 Å². The summed E-state index contributed by atoms with van der Waals surface area (Å²) in [6.45, 7) is 13.8. The Labute approximate surface area is 85.5 Å². The summed E-state index contributed by atoms with van der Waals surface area (Å²) in [4.78, 5) is 0. The Morgan fingerprint density at radius 2 is 0.909 bits per heavy atom. The molecule has 0 aliphatic carbocycles. The van der Waals surface area contributed by atoms with Crippen molar-refractivity contribution in [3.05, 3.63) is 4.65 Å². The number of hydrogen-bond acceptors (Lipinski definition) is 1. The Bertz CT molecular complexity index is 83.7. The first-order valence-corrected chi connectivity index (χ1v) is 10.3. The van der Waals surface area contributed by atoms with Crippen LogP contribution in [0.2, 0.25) is 39.3 Å². The van der Waals surface area contributed by atoms with E-state index in [-0.39, 0.29) is 25.0 Å². The molecule has 0 rings (SSSR count). The van der Waals surface area contributed by atoms with E-state index in [1.54, 1.807) is 0 Å². The van der Waals surface area contributed by atoms with Gasteiger partial charge in [0.1, 0.15) is 0 Å². The molecule has 0 fully saturated rings. The van der Waals surface area contributed by atoms with Gasteiger partial charge in [-0.25, -0.2) is 0 Å². The van der Waals surface area contributed by atoms with E-state index in [9.17, 15) is 0 Å². The Balaban J connectivity index is -0.000000320. The maximum atomic E-state index is 4.82. The van der Waals surface area contributed by atoms with Crippen molar-refractivity contribution >= 4 is 16.5 Å². The van der Waals surface area contributed by atoms with Gasteiger partial charge >= 0.3 is 18.9 Å². The zero-order chi connectivity index (χ0) is 7.71. The van der Waals surface area contributed by atoms with Gasteiger partial charge in [-0.1, -0.05) is 55.8 Å². The molecule has 11 heavy (non-hydrogen) atoms. The first kappa shape index (κ1) is 17.9. The van der Waals surface area contributed by atoms with Crippen molar-refractivity contribution in [3.63, 3.8) is 0 Å². The molecule has 0 unspecified atom stereocenters. The van der Waals surface area contributed by atoms with Crippen molar-refractivity contribution in [2.24, 2.45) is 0 Å². The van der Waals surface area contributed by atoms with Gasteiger partial charge in [0, 0.05) is 0 Å². The zero-order valence-electron chi connectivity index (χ0n) is 9.15. The molecule has 64 valence electrons. The predicted octanol–water partition coefficient (Wildman–Crippen LogP) is 0.196. The molecule has 0 saturated heterocycles. The quantitative estimate of drug-likeness (QED) is 0.612. The van der Waals surface area contributed by atoms with E-state index in [1.807, 2.05) is 0 Å². The predicted molar refractivity (Wildman–Crippen MR) is 55.1 cm³/mol. The zero-order valence-corrected chi connectivity index (χ0v) is 11.2. The monoisotopic (exact) mass is 184 g/mol. The van der Waals surface area contributed by atoms with Gasteiger partial charge < -0.3 is 10.8 Å². The normalized spacial score (nSPS) is 11.5. The fraction of sp³-hybridized carbons (Fsp3) is 1.00. The van der Waals surface area contributed by atoms with E-state index in [4.69, 9.17) is 4.65 Å². The van der Waals surface area contributed by atoms with E-state index >= 15 is 0 Å². The number of rotatable bonds is 2. The molecule has 0 aliphatic heterocycles. The summed E-state index contributed by atoms with van der Waals surface area (Å²) in [6, 6.07) is 0. The first-order chi connectivity index (χ1) is 3.71. The molecule has 0 spiro atoms. The van der Waals surface area contributed by atoms with Crippen LogP contribution in [0.15, 0.2) is 0 Å². The standard InChI is InChI=1S/C6H18NSi2.Li.H3N/c1-8(2,3)7-9(4,5)6;;/h1-6H3;;1H3/q-1;+1;. The Kier molecular flexibility index (Phi) is 9.06. The minimum absolute atomic E-state index is 0. The molecule has 0 aromatic carbocycles. The van der Waals surface area contributed by atoms with Crippen molar-refractivity contribution in [1.29, 1.82) is 0 Å². The van der Waals surface area contributed by atoms with Crippen molar-refractivity contribution < 1.29 is 18.9 Å². The SMILES string of the molecule is C[Si](C)(C)[N-][Si](C)(C)C.N.[Li+]. The summed E-state index contributed by atoms with van der Waals surface area (Å²) in [5, 5.41) is 0. The van der Waals surface area contributed by atoms with Crippen LogP contribution in [0.3, 0.4) is 0 Å². The number of nitrogens with zero attached hydrogens (tertiary/aromatic N) is 1. The van der Waals surface area contributed by atoms with Gasteiger partial charge in [-0.05, 0) is 0 Å². The first-order valence-electron chi connectivity index (χ1n) is 3.45. The van der Waals surface area contributed by atoms with Crippen LogP contribution in [0.1, 0.15) is 0 Å². The van der Waals surface area contributed by atoms with Crippen molar-refractivity contribution in [2.75, 3.05) is 0 Å². The molecule has 0 aromatic rings. The third-order valence-corrected chi connectivity index (χ3v) is 6.04. The molecule has 0 radical (unpaired) electrons. The van der Waals surface area contributed by atoms with Gasteiger partial charge in [-0.3, -0.25) is 0 Å². The molecule has 0 atom stereocenters. The second kappa shape index (κ2) is 5.57. The third kappa shape index (κ3) is 18.2. The summed E-state index contributed by atoms with van der Waals surface area (Å²) in [6.07, 6.45) is 0. The van der Waals surface area contributed by atoms with Crippen molar-refractivity contribution in [2.45, 2.75) is 39.3 Å². The molecular weight excluding hydrogens is 163 g/mol. The third-order valence-electron chi connectivity index (χ3n) is 0.671. The van der Waals surface area contributed by atoms with Crippen LogP contribution in [-0.4, -0.2) is 16.5 Å². The average Bonchev–Trinajstić information content (AvgIpc) is 1.14. The molecular formula is C6H21LiN2Si2. The van der Waals surface area contributed by atoms with Gasteiger partial charge in [0.25, 0.3) is 0 Å². The van der Waals surface area contributed by atoms with Gasteiger partial charge in [-0.15, -0.1) is 0 Å². The minimum Gasteiger partial charge on any atom is -0.668 e. The van der Waals surface area contributed by atoms with E-state index in [0.29, 0.717) is 0 Å². The molecule has 0 aliphatic rings. The van der Waals surface area contributed by atoms with Gasteiger partial charge in [0.05, 0.1) is 0 Å². The smallest absolute Gasteiger partial charge is 0.668 e. The Hall–Kier alpha value is 0.951. The maximum Gasteiger partial charge on any atom is 1.00 e. The molecule has 0 amide bonds.